The largest absolute Gasteiger partial charge is 0.359 e. The number of hydrogen-bond donors (Lipinski definition) is 1. The second kappa shape index (κ2) is 6.55. The molecule has 25 heavy (non-hydrogen) atoms. The summed E-state index contributed by atoms with van der Waals surface area (Å²) in [7, 11) is 0. The average molecular weight is 356 g/mol. The molecule has 130 valence electrons. The Bertz CT molecular complexity index is 917. The Morgan fingerprint density at radius 2 is 2.28 bits per heavy atom. The van der Waals surface area contributed by atoms with Crippen molar-refractivity contribution < 1.29 is 9.32 Å². The molecule has 1 aliphatic rings. The molecule has 6 nitrogen and oxygen atoms in total. The van der Waals surface area contributed by atoms with E-state index in [0.29, 0.717) is 5.75 Å². The van der Waals surface area contributed by atoms with E-state index in [9.17, 15) is 4.79 Å². The molecule has 3 heterocycles. The number of amides is 1. The lowest BCUT2D eigenvalue weighted by atomic mass is 10.1. The van der Waals surface area contributed by atoms with Gasteiger partial charge in [0.15, 0.2) is 10.9 Å². The van der Waals surface area contributed by atoms with E-state index >= 15 is 0 Å². The number of carbonyl (C=O) groups is 1. The first-order valence-electron chi connectivity index (χ1n) is 8.42. The number of H-pyrrole nitrogens is 1. The van der Waals surface area contributed by atoms with Crippen LogP contribution in [0.1, 0.15) is 35.9 Å². The number of imidazole rings is 1. The second-order valence-corrected chi connectivity index (χ2v) is 7.43. The minimum atomic E-state index is 0.00706. The molecule has 1 aliphatic heterocycles. The van der Waals surface area contributed by atoms with Crippen molar-refractivity contribution >= 4 is 28.7 Å². The van der Waals surface area contributed by atoms with E-state index in [-0.39, 0.29) is 11.9 Å². The van der Waals surface area contributed by atoms with Gasteiger partial charge in [0.25, 0.3) is 0 Å². The van der Waals surface area contributed by atoms with Gasteiger partial charge in [0.05, 0.1) is 28.5 Å². The molecule has 0 radical (unpaired) electrons. The summed E-state index contributed by atoms with van der Waals surface area (Å²) in [6.07, 6.45) is 1.92. The van der Waals surface area contributed by atoms with E-state index in [1.807, 2.05) is 30.0 Å². The summed E-state index contributed by atoms with van der Waals surface area (Å²) < 4.78 is 5.37. The first kappa shape index (κ1) is 16.2. The molecular weight excluding hydrogens is 336 g/mol. The highest BCUT2D eigenvalue weighted by molar-refractivity contribution is 7.99. The van der Waals surface area contributed by atoms with Crippen LogP contribution in [-0.2, 0) is 4.79 Å². The van der Waals surface area contributed by atoms with Crippen LogP contribution in [0.4, 0.5) is 0 Å². The van der Waals surface area contributed by atoms with Gasteiger partial charge in [-0.2, -0.15) is 0 Å². The van der Waals surface area contributed by atoms with Gasteiger partial charge < -0.3 is 14.4 Å². The first-order chi connectivity index (χ1) is 12.1. The number of aromatic nitrogens is 3. The Morgan fingerprint density at radius 3 is 3.08 bits per heavy atom. The molecule has 4 rings (SSSR count). The van der Waals surface area contributed by atoms with Crippen molar-refractivity contribution in [3.8, 4) is 0 Å². The Kier molecular flexibility index (Phi) is 4.25. The van der Waals surface area contributed by atoms with Crippen LogP contribution in [0.5, 0.6) is 0 Å². The molecule has 1 amide bonds. The van der Waals surface area contributed by atoms with Gasteiger partial charge >= 0.3 is 0 Å². The number of carbonyl (C=O) groups excluding carboxylic acids is 1. The fourth-order valence-corrected chi connectivity index (χ4v) is 4.05. The van der Waals surface area contributed by atoms with Gasteiger partial charge in [-0.1, -0.05) is 23.0 Å². The van der Waals surface area contributed by atoms with Gasteiger partial charge in [-0.15, -0.1) is 0 Å². The molecule has 3 aromatic rings. The number of aromatic amines is 1. The molecule has 1 saturated heterocycles. The third-order valence-electron chi connectivity index (χ3n) is 4.50. The first-order valence-corrected chi connectivity index (χ1v) is 9.40. The Balaban J connectivity index is 1.43. The summed E-state index contributed by atoms with van der Waals surface area (Å²) in [6, 6.07) is 8.03. The predicted octanol–water partition coefficient (Wildman–Crippen LogP) is 3.62. The molecule has 7 heteroatoms. The van der Waals surface area contributed by atoms with Crippen LogP contribution in [0.3, 0.4) is 0 Å². The third kappa shape index (κ3) is 3.28. The number of hydrogen-bond acceptors (Lipinski definition) is 5. The van der Waals surface area contributed by atoms with Gasteiger partial charge in [0.2, 0.25) is 5.91 Å². The van der Waals surface area contributed by atoms with E-state index in [2.05, 4.69) is 28.1 Å². The predicted molar refractivity (Wildman–Crippen MR) is 96.5 cm³/mol. The maximum absolute atomic E-state index is 12.7. The van der Waals surface area contributed by atoms with Crippen molar-refractivity contribution in [2.45, 2.75) is 37.9 Å². The van der Waals surface area contributed by atoms with E-state index < -0.39 is 0 Å². The number of rotatable bonds is 4. The fourth-order valence-electron chi connectivity index (χ4n) is 3.28. The third-order valence-corrected chi connectivity index (χ3v) is 5.35. The van der Waals surface area contributed by atoms with E-state index in [0.717, 1.165) is 47.0 Å². The Hall–Kier alpha value is -2.28. The van der Waals surface area contributed by atoms with Crippen LogP contribution >= 0.6 is 11.8 Å². The van der Waals surface area contributed by atoms with Crippen molar-refractivity contribution in [2.75, 3.05) is 12.3 Å². The zero-order valence-corrected chi connectivity index (χ0v) is 15.1. The number of fused-ring (bicyclic) bond motifs is 1. The zero-order valence-electron chi connectivity index (χ0n) is 14.3. The smallest absolute Gasteiger partial charge is 0.233 e. The number of nitrogens with one attached hydrogen (secondary N) is 1. The van der Waals surface area contributed by atoms with Crippen molar-refractivity contribution in [3.05, 3.63) is 41.3 Å². The maximum atomic E-state index is 12.7. The van der Waals surface area contributed by atoms with Crippen LogP contribution in [-0.4, -0.2) is 38.2 Å². The molecule has 0 aliphatic carbocycles. The fraction of sp³-hybridized carbons (Fsp3) is 0.389. The minimum absolute atomic E-state index is 0.00706. The molecule has 1 N–H and O–H groups in total. The summed E-state index contributed by atoms with van der Waals surface area (Å²) in [5.41, 5.74) is 3.97. The van der Waals surface area contributed by atoms with Crippen LogP contribution in [0, 0.1) is 13.8 Å². The topological polar surface area (TPSA) is 75.0 Å². The molecule has 0 spiro atoms. The molecule has 0 bridgehead atoms. The van der Waals surface area contributed by atoms with Crippen molar-refractivity contribution in [1.29, 1.82) is 0 Å². The van der Waals surface area contributed by atoms with Crippen molar-refractivity contribution in [1.82, 2.24) is 20.0 Å². The molecule has 0 unspecified atom stereocenters. The molecule has 1 aromatic carbocycles. The summed E-state index contributed by atoms with van der Waals surface area (Å²) in [6.45, 7) is 4.71. The summed E-state index contributed by atoms with van der Waals surface area (Å²) in [5.74, 6) is 1.26. The summed E-state index contributed by atoms with van der Waals surface area (Å²) in [4.78, 5) is 22.4. The number of likely N-dealkylation sites (tertiary alicyclic amines) is 1. The summed E-state index contributed by atoms with van der Waals surface area (Å²) in [5, 5.41) is 4.72. The number of benzene rings is 1. The average Bonchev–Trinajstić information content (AvgIpc) is 3.30. The van der Waals surface area contributed by atoms with Gasteiger partial charge in [-0.05, 0) is 44.4 Å². The highest BCUT2D eigenvalue weighted by Crippen LogP contribution is 2.33. The number of aryl methyl sites for hydroxylation is 2. The lowest BCUT2D eigenvalue weighted by Gasteiger charge is -2.22. The van der Waals surface area contributed by atoms with Crippen LogP contribution in [0.25, 0.3) is 11.0 Å². The summed E-state index contributed by atoms with van der Waals surface area (Å²) >= 11 is 1.45. The van der Waals surface area contributed by atoms with Gasteiger partial charge in [-0.25, -0.2) is 4.98 Å². The Labute approximate surface area is 150 Å². The van der Waals surface area contributed by atoms with Crippen molar-refractivity contribution in [3.63, 3.8) is 0 Å². The SMILES string of the molecule is Cc1ccc2nc(SCC(=O)N3CCC[C@@H]3c3cc(C)no3)[nH]c2c1. The molecular formula is C18H20N4O2S. The van der Waals surface area contributed by atoms with Crippen LogP contribution in [0.15, 0.2) is 33.9 Å². The van der Waals surface area contributed by atoms with E-state index in [1.54, 1.807) is 0 Å². The quantitative estimate of drug-likeness (QED) is 0.723. The van der Waals surface area contributed by atoms with Gasteiger partial charge in [-0.3, -0.25) is 4.79 Å². The standard InChI is InChI=1S/C18H20N4O2S/c1-11-5-6-13-14(8-11)20-18(19-13)25-10-17(23)22-7-3-4-15(22)16-9-12(2)21-24-16/h5-6,8-9,15H,3-4,7,10H2,1-2H3,(H,19,20)/t15-/m1/s1. The molecule has 1 fully saturated rings. The highest BCUT2D eigenvalue weighted by atomic mass is 32.2. The highest BCUT2D eigenvalue weighted by Gasteiger charge is 2.32. The molecule has 0 saturated carbocycles. The molecule has 2 aromatic heterocycles. The van der Waals surface area contributed by atoms with Crippen LogP contribution < -0.4 is 0 Å². The number of nitrogens with zero attached hydrogens (tertiary/aromatic N) is 3. The van der Waals surface area contributed by atoms with E-state index in [1.165, 1.54) is 17.3 Å². The van der Waals surface area contributed by atoms with Crippen LogP contribution in [0.2, 0.25) is 0 Å². The lowest BCUT2D eigenvalue weighted by molar-refractivity contribution is -0.129. The van der Waals surface area contributed by atoms with Gasteiger partial charge in [0.1, 0.15) is 0 Å². The Morgan fingerprint density at radius 1 is 1.40 bits per heavy atom. The second-order valence-electron chi connectivity index (χ2n) is 6.47. The maximum Gasteiger partial charge on any atom is 0.233 e. The zero-order chi connectivity index (χ0) is 17.4. The molecule has 1 atom stereocenters. The minimum Gasteiger partial charge on any atom is -0.359 e. The van der Waals surface area contributed by atoms with Gasteiger partial charge in [0, 0.05) is 12.6 Å². The normalized spacial score (nSPS) is 17.5. The van der Waals surface area contributed by atoms with E-state index in [4.69, 9.17) is 4.52 Å². The monoisotopic (exact) mass is 356 g/mol. The lowest BCUT2D eigenvalue weighted by Crippen LogP contribution is -2.31. The van der Waals surface area contributed by atoms with Crippen molar-refractivity contribution in [2.24, 2.45) is 0 Å². The number of thioether (sulfide) groups is 1.